The lowest BCUT2D eigenvalue weighted by molar-refractivity contribution is -0.890. The van der Waals surface area contributed by atoms with Crippen LogP contribution in [0.5, 0.6) is 0 Å². The first-order chi connectivity index (χ1) is 22.7. The third-order valence-corrected chi connectivity index (χ3v) is 10.5. The number of primary amides is 1. The summed E-state index contributed by atoms with van der Waals surface area (Å²) < 4.78 is 0.969. The van der Waals surface area contributed by atoms with E-state index in [4.69, 9.17) is 5.73 Å². The van der Waals surface area contributed by atoms with Crippen LogP contribution in [0, 0.1) is 5.92 Å². The van der Waals surface area contributed by atoms with Gasteiger partial charge in [-0.25, -0.2) is 0 Å². The number of benzene rings is 3. The smallest absolute Gasteiger partial charge is 0.261 e. The number of unbranched alkanes of at least 4 members (excludes halogenated alkanes) is 6. The van der Waals surface area contributed by atoms with Crippen molar-refractivity contribution in [1.29, 1.82) is 0 Å². The average molecular weight is 638 g/mol. The van der Waals surface area contributed by atoms with Gasteiger partial charge in [0.05, 0.1) is 38.3 Å². The van der Waals surface area contributed by atoms with E-state index in [9.17, 15) is 14.4 Å². The highest BCUT2D eigenvalue weighted by Gasteiger charge is 2.49. The molecule has 2 aliphatic rings. The van der Waals surface area contributed by atoms with Gasteiger partial charge < -0.3 is 15.1 Å². The SMILES string of the molecule is C[N+](C)(CCCCCCCCN1CCC(C(C(N)=O)(c2ccccc2)c2ccccc2)C1)CCCCN1C(=O)c2ccccc2C1=O. The first kappa shape index (κ1) is 34.5. The predicted molar refractivity (Wildman–Crippen MR) is 188 cm³/mol. The minimum Gasteiger partial charge on any atom is -0.369 e. The summed E-state index contributed by atoms with van der Waals surface area (Å²) in [5.41, 5.74) is 8.50. The normalized spacial score (nSPS) is 17.0. The summed E-state index contributed by atoms with van der Waals surface area (Å²) in [7, 11) is 4.57. The second-order valence-corrected chi connectivity index (χ2v) is 14.2. The minimum atomic E-state index is -0.817. The standard InChI is InChI=1S/C40H52N4O3/c1-44(2,30-18-16-27-43-37(45)35-23-13-14-24-36(35)38(43)46)29-17-6-4-3-5-15-26-42-28-25-34(31-42)40(39(41)47,32-19-9-7-10-20-32)33-21-11-8-12-22-33/h7-14,19-24,34H,3-6,15-18,25-31H2,1-2H3,(H-,41,47)/p+1. The quantitative estimate of drug-likeness (QED) is 0.101. The number of likely N-dealkylation sites (tertiary alicyclic amines) is 1. The number of carbonyl (C=O) groups excluding carboxylic acids is 3. The summed E-state index contributed by atoms with van der Waals surface area (Å²) in [6, 6.07) is 27.4. The van der Waals surface area contributed by atoms with Crippen molar-refractivity contribution in [2.75, 3.05) is 53.4 Å². The Kier molecular flexibility index (Phi) is 11.6. The van der Waals surface area contributed by atoms with Gasteiger partial charge in [0, 0.05) is 13.1 Å². The Morgan fingerprint density at radius 1 is 0.702 bits per heavy atom. The summed E-state index contributed by atoms with van der Waals surface area (Å²) in [4.78, 5) is 42.4. The van der Waals surface area contributed by atoms with E-state index in [2.05, 4.69) is 43.3 Å². The minimum absolute atomic E-state index is 0.147. The molecule has 5 rings (SSSR count). The molecule has 2 aliphatic heterocycles. The van der Waals surface area contributed by atoms with Gasteiger partial charge in [0.2, 0.25) is 5.91 Å². The van der Waals surface area contributed by atoms with Crippen LogP contribution in [0.15, 0.2) is 84.9 Å². The largest absolute Gasteiger partial charge is 0.369 e. The van der Waals surface area contributed by atoms with Crippen LogP contribution in [-0.4, -0.2) is 85.4 Å². The van der Waals surface area contributed by atoms with E-state index in [1.807, 2.05) is 48.5 Å². The summed E-state index contributed by atoms with van der Waals surface area (Å²) >= 11 is 0. The van der Waals surface area contributed by atoms with E-state index in [-0.39, 0.29) is 23.6 Å². The molecule has 1 saturated heterocycles. The summed E-state index contributed by atoms with van der Waals surface area (Å²) in [5, 5.41) is 0. The molecule has 0 aliphatic carbocycles. The second-order valence-electron chi connectivity index (χ2n) is 14.2. The molecule has 250 valence electrons. The Balaban J connectivity index is 0.968. The highest BCUT2D eigenvalue weighted by atomic mass is 16.2. The number of imide groups is 1. The van der Waals surface area contributed by atoms with Crippen LogP contribution in [0.4, 0.5) is 0 Å². The van der Waals surface area contributed by atoms with Crippen LogP contribution >= 0.6 is 0 Å². The van der Waals surface area contributed by atoms with Crippen molar-refractivity contribution in [3.63, 3.8) is 0 Å². The molecule has 2 heterocycles. The number of rotatable bonds is 18. The molecule has 0 spiro atoms. The second kappa shape index (κ2) is 15.9. The van der Waals surface area contributed by atoms with Crippen molar-refractivity contribution in [2.24, 2.45) is 11.7 Å². The van der Waals surface area contributed by atoms with Crippen molar-refractivity contribution in [3.8, 4) is 0 Å². The Bertz CT molecular complexity index is 1420. The molecule has 0 aromatic heterocycles. The van der Waals surface area contributed by atoms with Crippen molar-refractivity contribution in [2.45, 2.75) is 63.2 Å². The van der Waals surface area contributed by atoms with Gasteiger partial charge in [0.1, 0.15) is 5.41 Å². The first-order valence-corrected chi connectivity index (χ1v) is 17.6. The van der Waals surface area contributed by atoms with Gasteiger partial charge in [0.15, 0.2) is 0 Å². The van der Waals surface area contributed by atoms with E-state index >= 15 is 0 Å². The van der Waals surface area contributed by atoms with Crippen LogP contribution in [0.1, 0.15) is 89.6 Å². The third-order valence-electron chi connectivity index (χ3n) is 10.5. The summed E-state index contributed by atoms with van der Waals surface area (Å²) in [6.45, 7) is 5.65. The molecule has 3 aromatic rings. The van der Waals surface area contributed by atoms with Gasteiger partial charge in [-0.2, -0.15) is 0 Å². The van der Waals surface area contributed by atoms with Crippen LogP contribution in [-0.2, 0) is 10.2 Å². The number of amides is 3. The zero-order valence-corrected chi connectivity index (χ0v) is 28.4. The van der Waals surface area contributed by atoms with Gasteiger partial charge in [-0.3, -0.25) is 19.3 Å². The molecule has 7 heteroatoms. The van der Waals surface area contributed by atoms with E-state index in [0.717, 1.165) is 67.6 Å². The van der Waals surface area contributed by atoms with E-state index in [1.54, 1.807) is 12.1 Å². The molecule has 3 amide bonds. The fraction of sp³-hybridized carbons (Fsp3) is 0.475. The Labute approximate surface area is 281 Å². The van der Waals surface area contributed by atoms with Crippen molar-refractivity contribution < 1.29 is 18.9 Å². The van der Waals surface area contributed by atoms with E-state index in [1.165, 1.54) is 43.4 Å². The molecule has 1 fully saturated rings. The number of nitrogens with zero attached hydrogens (tertiary/aromatic N) is 3. The van der Waals surface area contributed by atoms with Gasteiger partial charge in [-0.15, -0.1) is 0 Å². The van der Waals surface area contributed by atoms with Crippen LogP contribution < -0.4 is 5.73 Å². The average Bonchev–Trinajstić information content (AvgIpc) is 3.64. The predicted octanol–water partition coefficient (Wildman–Crippen LogP) is 6.27. The highest BCUT2D eigenvalue weighted by molar-refractivity contribution is 6.21. The monoisotopic (exact) mass is 637 g/mol. The molecule has 2 N–H and O–H groups in total. The van der Waals surface area contributed by atoms with E-state index in [0.29, 0.717) is 17.7 Å². The number of nitrogens with two attached hydrogens (primary N) is 1. The highest BCUT2D eigenvalue weighted by Crippen LogP contribution is 2.43. The fourth-order valence-corrected chi connectivity index (χ4v) is 7.86. The van der Waals surface area contributed by atoms with Gasteiger partial charge >= 0.3 is 0 Å². The number of carbonyl (C=O) groups is 3. The zero-order chi connectivity index (χ0) is 33.3. The number of quaternary nitrogens is 1. The maximum atomic E-state index is 13.3. The summed E-state index contributed by atoms with van der Waals surface area (Å²) in [5.74, 6) is -0.418. The lowest BCUT2D eigenvalue weighted by atomic mass is 9.64. The molecule has 7 nitrogen and oxygen atoms in total. The Morgan fingerprint density at radius 3 is 1.72 bits per heavy atom. The maximum Gasteiger partial charge on any atom is 0.261 e. The number of hydrogen-bond acceptors (Lipinski definition) is 4. The zero-order valence-electron chi connectivity index (χ0n) is 28.4. The van der Waals surface area contributed by atoms with Crippen LogP contribution in [0.2, 0.25) is 0 Å². The molecule has 0 radical (unpaired) electrons. The molecular weight excluding hydrogens is 584 g/mol. The lowest BCUT2D eigenvalue weighted by Crippen LogP contribution is -2.49. The number of hydrogen-bond donors (Lipinski definition) is 1. The molecule has 47 heavy (non-hydrogen) atoms. The van der Waals surface area contributed by atoms with Crippen molar-refractivity contribution in [1.82, 2.24) is 9.80 Å². The summed E-state index contributed by atoms with van der Waals surface area (Å²) in [6.07, 6.45) is 10.2. The molecule has 0 saturated carbocycles. The molecule has 1 unspecified atom stereocenters. The topological polar surface area (TPSA) is 83.7 Å². The molecule has 1 atom stereocenters. The lowest BCUT2D eigenvalue weighted by Gasteiger charge is -2.37. The van der Waals surface area contributed by atoms with Crippen molar-refractivity contribution in [3.05, 3.63) is 107 Å². The molecule has 0 bridgehead atoms. The third kappa shape index (κ3) is 8.02. The van der Waals surface area contributed by atoms with Gasteiger partial charge in [0.25, 0.3) is 11.8 Å². The van der Waals surface area contributed by atoms with Gasteiger partial charge in [-0.1, -0.05) is 92.1 Å². The van der Waals surface area contributed by atoms with Crippen LogP contribution in [0.3, 0.4) is 0 Å². The molecule has 3 aromatic carbocycles. The van der Waals surface area contributed by atoms with Crippen molar-refractivity contribution >= 4 is 17.7 Å². The van der Waals surface area contributed by atoms with Gasteiger partial charge in [-0.05, 0) is 80.8 Å². The fourth-order valence-electron chi connectivity index (χ4n) is 7.86. The Morgan fingerprint density at radius 2 is 1.17 bits per heavy atom. The Hall–Kier alpha value is -3.81. The molecular formula is C40H53N4O3+. The van der Waals surface area contributed by atoms with E-state index < -0.39 is 5.41 Å². The number of fused-ring (bicyclic) bond motifs is 1. The first-order valence-electron chi connectivity index (χ1n) is 17.6. The maximum absolute atomic E-state index is 13.3. The van der Waals surface area contributed by atoms with Crippen LogP contribution in [0.25, 0.3) is 0 Å².